The summed E-state index contributed by atoms with van der Waals surface area (Å²) in [6, 6.07) is 15.8. The van der Waals surface area contributed by atoms with Crippen LogP contribution in [0.5, 0.6) is 0 Å². The second-order valence-electron chi connectivity index (χ2n) is 8.31. The molecule has 0 radical (unpaired) electrons. The molecule has 33 heavy (non-hydrogen) atoms. The number of nitrogens with two attached hydrogens (primary N) is 1. The zero-order valence-electron chi connectivity index (χ0n) is 18.1. The van der Waals surface area contributed by atoms with Crippen molar-refractivity contribution in [2.45, 2.75) is 32.4 Å². The first-order valence-corrected chi connectivity index (χ1v) is 10.3. The molecule has 0 aliphatic carbocycles. The largest absolute Gasteiger partial charge is 0.416 e. The van der Waals surface area contributed by atoms with E-state index in [1.165, 1.54) is 24.3 Å². The summed E-state index contributed by atoms with van der Waals surface area (Å²) >= 11 is 0. The highest BCUT2D eigenvalue weighted by Gasteiger charge is 2.30. The summed E-state index contributed by atoms with van der Waals surface area (Å²) in [5.74, 6) is -1.68. The zero-order chi connectivity index (χ0) is 24.3. The summed E-state index contributed by atoms with van der Waals surface area (Å²) in [5.41, 5.74) is 7.48. The van der Waals surface area contributed by atoms with E-state index in [-0.39, 0.29) is 11.5 Å². The van der Waals surface area contributed by atoms with Gasteiger partial charge in [0.2, 0.25) is 5.91 Å². The Morgan fingerprint density at radius 2 is 1.52 bits per heavy atom. The second kappa shape index (κ2) is 9.45. The van der Waals surface area contributed by atoms with Gasteiger partial charge in [-0.25, -0.2) is 4.39 Å². The molecule has 0 aliphatic rings. The van der Waals surface area contributed by atoms with Crippen LogP contribution in [0.4, 0.5) is 17.6 Å². The Morgan fingerprint density at radius 3 is 2.00 bits per heavy atom. The molecule has 3 aromatic rings. The number of alkyl halides is 3. The number of hydrogen-bond donors (Lipinski definition) is 1. The van der Waals surface area contributed by atoms with E-state index in [0.29, 0.717) is 34.2 Å². The number of carbonyl (C=O) groups excluding carboxylic acids is 1. The summed E-state index contributed by atoms with van der Waals surface area (Å²) in [7, 11) is 0. The van der Waals surface area contributed by atoms with Gasteiger partial charge < -0.3 is 5.73 Å². The van der Waals surface area contributed by atoms with Crippen molar-refractivity contribution in [3.63, 3.8) is 0 Å². The van der Waals surface area contributed by atoms with E-state index >= 15 is 0 Å². The Labute approximate surface area is 189 Å². The number of nitrogens with zero attached hydrogens (tertiary/aromatic N) is 1. The van der Waals surface area contributed by atoms with Crippen LogP contribution in [0.3, 0.4) is 0 Å². The van der Waals surface area contributed by atoms with E-state index in [1.54, 1.807) is 30.3 Å². The molecule has 0 saturated carbocycles. The van der Waals surface area contributed by atoms with Gasteiger partial charge in [0.15, 0.2) is 0 Å². The van der Waals surface area contributed by atoms with Crippen LogP contribution >= 0.6 is 0 Å². The minimum atomic E-state index is -4.46. The zero-order valence-corrected chi connectivity index (χ0v) is 18.1. The van der Waals surface area contributed by atoms with Crippen LogP contribution in [0.25, 0.3) is 22.3 Å². The van der Waals surface area contributed by atoms with Gasteiger partial charge in [-0.3, -0.25) is 4.79 Å². The molecule has 2 N–H and O–H groups in total. The third-order valence-corrected chi connectivity index (χ3v) is 5.38. The fourth-order valence-corrected chi connectivity index (χ4v) is 3.71. The number of carbonyl (C=O) groups is 1. The van der Waals surface area contributed by atoms with Crippen molar-refractivity contribution in [3.8, 4) is 28.3 Å². The molecular weight excluding hydrogens is 432 g/mol. The smallest absolute Gasteiger partial charge is 0.369 e. The lowest BCUT2D eigenvalue weighted by atomic mass is 9.85. The molecule has 0 heterocycles. The van der Waals surface area contributed by atoms with E-state index in [4.69, 9.17) is 11.0 Å². The molecule has 0 bridgehead atoms. The van der Waals surface area contributed by atoms with Crippen molar-refractivity contribution >= 4 is 5.91 Å². The highest BCUT2D eigenvalue weighted by molar-refractivity contribution is 5.84. The highest BCUT2D eigenvalue weighted by Crippen LogP contribution is 2.35. The first-order chi connectivity index (χ1) is 15.5. The van der Waals surface area contributed by atoms with Gasteiger partial charge in [0.1, 0.15) is 11.9 Å². The van der Waals surface area contributed by atoms with Crippen LogP contribution in [-0.4, -0.2) is 5.91 Å². The first-order valence-electron chi connectivity index (χ1n) is 10.3. The van der Waals surface area contributed by atoms with Crippen molar-refractivity contribution in [1.82, 2.24) is 0 Å². The lowest BCUT2D eigenvalue weighted by Gasteiger charge is -2.19. The number of halogens is 4. The van der Waals surface area contributed by atoms with Gasteiger partial charge in [0.25, 0.3) is 0 Å². The molecule has 170 valence electrons. The molecule has 1 unspecified atom stereocenters. The maximum Gasteiger partial charge on any atom is 0.416 e. The molecule has 1 amide bonds. The van der Waals surface area contributed by atoms with Crippen molar-refractivity contribution < 1.29 is 22.4 Å². The fourth-order valence-electron chi connectivity index (χ4n) is 3.71. The molecule has 3 rings (SSSR count). The van der Waals surface area contributed by atoms with Crippen LogP contribution in [0.1, 0.15) is 42.9 Å². The Bertz CT molecular complexity index is 1210. The predicted octanol–water partition coefficient (Wildman–Crippen LogP) is 6.67. The van der Waals surface area contributed by atoms with Crippen molar-refractivity contribution in [2.75, 3.05) is 0 Å². The topological polar surface area (TPSA) is 66.9 Å². The molecule has 0 fully saturated rings. The van der Waals surface area contributed by atoms with Crippen molar-refractivity contribution in [3.05, 3.63) is 83.2 Å². The number of nitriles is 1. The summed E-state index contributed by atoms with van der Waals surface area (Å²) in [4.78, 5) is 12.2. The molecule has 1 atom stereocenters. The first kappa shape index (κ1) is 24.0. The number of hydrogen-bond acceptors (Lipinski definition) is 2. The summed E-state index contributed by atoms with van der Waals surface area (Å²) in [6.45, 7) is 3.90. The van der Waals surface area contributed by atoms with E-state index in [0.717, 1.165) is 12.1 Å². The Morgan fingerprint density at radius 1 is 0.939 bits per heavy atom. The van der Waals surface area contributed by atoms with E-state index in [2.05, 4.69) is 0 Å². The molecule has 7 heteroatoms. The van der Waals surface area contributed by atoms with Gasteiger partial charge in [0.05, 0.1) is 17.0 Å². The molecule has 0 aromatic heterocycles. The van der Waals surface area contributed by atoms with Gasteiger partial charge in [0, 0.05) is 0 Å². The quantitative estimate of drug-likeness (QED) is 0.423. The maximum absolute atomic E-state index is 14.3. The average molecular weight is 454 g/mol. The van der Waals surface area contributed by atoms with Crippen LogP contribution in [-0.2, 0) is 11.0 Å². The second-order valence-corrected chi connectivity index (χ2v) is 8.31. The minimum absolute atomic E-state index is 0.104. The number of rotatable bonds is 6. The number of primary amides is 1. The average Bonchev–Trinajstić information content (AvgIpc) is 2.76. The van der Waals surface area contributed by atoms with Crippen LogP contribution in [0.15, 0.2) is 60.7 Å². The van der Waals surface area contributed by atoms with Gasteiger partial charge in [-0.15, -0.1) is 0 Å². The van der Waals surface area contributed by atoms with Crippen LogP contribution in [0, 0.1) is 23.1 Å². The van der Waals surface area contributed by atoms with E-state index < -0.39 is 29.4 Å². The Balaban J connectivity index is 2.18. The van der Waals surface area contributed by atoms with Gasteiger partial charge in [-0.2, -0.15) is 18.4 Å². The molecule has 0 saturated heterocycles. The molecule has 3 aromatic carbocycles. The maximum atomic E-state index is 14.3. The lowest BCUT2D eigenvalue weighted by Crippen LogP contribution is -2.23. The SMILES string of the molecule is CC(C)CC(C(N)=O)c1cc(-c2ccc(C(F)(F)F)cc2)cc(-c2ccc(C#N)c(F)c2)c1. The normalized spacial score (nSPS) is 12.4. The predicted molar refractivity (Wildman–Crippen MR) is 118 cm³/mol. The lowest BCUT2D eigenvalue weighted by molar-refractivity contribution is -0.137. The van der Waals surface area contributed by atoms with E-state index in [9.17, 15) is 22.4 Å². The number of benzene rings is 3. The molecule has 0 aliphatic heterocycles. The van der Waals surface area contributed by atoms with Crippen molar-refractivity contribution in [2.24, 2.45) is 11.7 Å². The fraction of sp³-hybridized carbons (Fsp3) is 0.231. The third-order valence-electron chi connectivity index (χ3n) is 5.38. The summed E-state index contributed by atoms with van der Waals surface area (Å²) < 4.78 is 53.2. The Hall–Kier alpha value is -3.66. The summed E-state index contributed by atoms with van der Waals surface area (Å²) in [5, 5.41) is 8.99. The molecule has 0 spiro atoms. The molecule has 3 nitrogen and oxygen atoms in total. The van der Waals surface area contributed by atoms with Gasteiger partial charge >= 0.3 is 6.18 Å². The monoisotopic (exact) mass is 454 g/mol. The van der Waals surface area contributed by atoms with Crippen molar-refractivity contribution in [1.29, 1.82) is 5.26 Å². The Kier molecular flexibility index (Phi) is 6.87. The minimum Gasteiger partial charge on any atom is -0.369 e. The highest BCUT2D eigenvalue weighted by atomic mass is 19.4. The number of amides is 1. The summed E-state index contributed by atoms with van der Waals surface area (Å²) in [6.07, 6.45) is -3.98. The van der Waals surface area contributed by atoms with Crippen LogP contribution < -0.4 is 5.73 Å². The van der Waals surface area contributed by atoms with Crippen LogP contribution in [0.2, 0.25) is 0 Å². The standard InChI is InChI=1S/C26H22F4N2O/c1-15(2)9-23(25(32)33)21-11-19(16-5-7-22(8-6-16)26(28,29)30)10-20(12-21)17-3-4-18(14-31)24(27)13-17/h3-8,10-13,15,23H,9H2,1-2H3,(H2,32,33). The van der Waals surface area contributed by atoms with E-state index in [1.807, 2.05) is 13.8 Å². The molecular formula is C26H22F4N2O. The van der Waals surface area contributed by atoms with Gasteiger partial charge in [-0.1, -0.05) is 44.2 Å². The third kappa shape index (κ3) is 5.58. The van der Waals surface area contributed by atoms with Gasteiger partial charge in [-0.05, 0) is 70.5 Å².